The Balaban J connectivity index is 2.16. The molecule has 0 aliphatic heterocycles. The van der Waals surface area contributed by atoms with Crippen LogP contribution in [0.1, 0.15) is 87.5 Å². The number of rotatable bonds is 13. The summed E-state index contributed by atoms with van der Waals surface area (Å²) in [5.74, 6) is -1.59. The van der Waals surface area contributed by atoms with E-state index >= 15 is 0 Å². The maximum Gasteiger partial charge on any atom is 0.408 e. The van der Waals surface area contributed by atoms with Crippen molar-refractivity contribution >= 4 is 35.2 Å². The van der Waals surface area contributed by atoms with E-state index in [1.807, 2.05) is 58.0 Å². The Morgan fingerprint density at radius 1 is 0.881 bits per heavy atom. The lowest BCUT2D eigenvalue weighted by Crippen LogP contribution is -2.55. The number of aliphatic hydroxyl groups is 1. The molecule has 11 heteroatoms. The van der Waals surface area contributed by atoms with E-state index in [0.717, 1.165) is 16.9 Å². The molecule has 4 atom stereocenters. The summed E-state index contributed by atoms with van der Waals surface area (Å²) in [6.45, 7) is 13.0. The third-order valence-corrected chi connectivity index (χ3v) is 7.31. The van der Waals surface area contributed by atoms with Crippen LogP contribution in [-0.2, 0) is 20.7 Å². The molecular formula is C31H46N4O6S. The van der Waals surface area contributed by atoms with E-state index in [0.29, 0.717) is 17.2 Å². The van der Waals surface area contributed by atoms with Gasteiger partial charge in [0.2, 0.25) is 11.8 Å². The largest absolute Gasteiger partial charge is 0.444 e. The zero-order valence-electron chi connectivity index (χ0n) is 25.6. The molecule has 1 aromatic heterocycles. The van der Waals surface area contributed by atoms with Crippen molar-refractivity contribution in [2.24, 2.45) is 17.6 Å². The smallest absolute Gasteiger partial charge is 0.408 e. The van der Waals surface area contributed by atoms with Crippen LogP contribution in [0.3, 0.4) is 0 Å². The number of nitrogens with one attached hydrogen (secondary N) is 3. The van der Waals surface area contributed by atoms with Crippen molar-refractivity contribution in [1.29, 1.82) is 0 Å². The number of alkyl carbamates (subject to hydrolysis) is 1. The number of nitrogens with two attached hydrogens (primary N) is 1. The van der Waals surface area contributed by atoms with Gasteiger partial charge in [0, 0.05) is 17.3 Å². The van der Waals surface area contributed by atoms with Crippen molar-refractivity contribution < 1.29 is 29.0 Å². The Hall–Kier alpha value is -3.28. The monoisotopic (exact) mass is 602 g/mol. The molecule has 0 aliphatic carbocycles. The minimum atomic E-state index is -1.04. The standard InChI is InChI=1S/C31H46N4O6S/c1-18(2)15-21(32)26(36)24-13-14-25(42-24)29(39)35-28(38)22(16-19(3)4)33-27(37)23(17-20-11-9-8-10-12-20)34-30(40)41-31(5,6)7/h8-14,18-19,21-23,26,36H,15-17,32H2,1-7H3,(H,33,37)(H,34,40)(H,35,38,39)/t21-,22-,23-,26+/m0/s1. The molecule has 0 aliphatic rings. The molecule has 4 amide bonds. The second-order valence-electron chi connectivity index (χ2n) is 12.3. The number of hydrogen-bond donors (Lipinski definition) is 5. The highest BCUT2D eigenvalue weighted by Crippen LogP contribution is 2.27. The van der Waals surface area contributed by atoms with Gasteiger partial charge < -0.3 is 26.2 Å². The van der Waals surface area contributed by atoms with E-state index in [1.165, 1.54) is 6.07 Å². The third-order valence-electron chi connectivity index (χ3n) is 6.16. The van der Waals surface area contributed by atoms with Crippen LogP contribution in [0.25, 0.3) is 0 Å². The Kier molecular flexibility index (Phi) is 13.1. The average molecular weight is 603 g/mol. The third kappa shape index (κ3) is 11.9. The lowest BCUT2D eigenvalue weighted by atomic mass is 9.99. The average Bonchev–Trinajstić information content (AvgIpc) is 3.36. The van der Waals surface area contributed by atoms with Gasteiger partial charge in [-0.15, -0.1) is 11.3 Å². The number of amides is 4. The second kappa shape index (κ2) is 15.8. The maximum atomic E-state index is 13.4. The van der Waals surface area contributed by atoms with Gasteiger partial charge in [-0.05, 0) is 63.1 Å². The van der Waals surface area contributed by atoms with Crippen molar-refractivity contribution in [3.63, 3.8) is 0 Å². The quantitative estimate of drug-likeness (QED) is 0.231. The number of aliphatic hydroxyl groups excluding tert-OH is 1. The molecule has 6 N–H and O–H groups in total. The summed E-state index contributed by atoms with van der Waals surface area (Å²) >= 11 is 1.06. The van der Waals surface area contributed by atoms with Crippen molar-refractivity contribution in [3.8, 4) is 0 Å². The van der Waals surface area contributed by atoms with Crippen LogP contribution < -0.4 is 21.7 Å². The predicted molar refractivity (Wildman–Crippen MR) is 164 cm³/mol. The fourth-order valence-corrected chi connectivity index (χ4v) is 5.23. The Bertz CT molecular complexity index is 1190. The van der Waals surface area contributed by atoms with Gasteiger partial charge in [-0.25, -0.2) is 4.79 Å². The van der Waals surface area contributed by atoms with Gasteiger partial charge in [0.25, 0.3) is 5.91 Å². The molecule has 0 bridgehead atoms. The summed E-state index contributed by atoms with van der Waals surface area (Å²) < 4.78 is 5.35. The van der Waals surface area contributed by atoms with Gasteiger partial charge >= 0.3 is 6.09 Å². The van der Waals surface area contributed by atoms with Crippen LogP contribution >= 0.6 is 11.3 Å². The minimum absolute atomic E-state index is 0.00785. The number of thiophene rings is 1. The number of ether oxygens (including phenoxy) is 1. The lowest BCUT2D eigenvalue weighted by molar-refractivity contribution is -0.130. The number of benzene rings is 1. The van der Waals surface area contributed by atoms with Crippen LogP contribution in [0.5, 0.6) is 0 Å². The van der Waals surface area contributed by atoms with Crippen molar-refractivity contribution in [3.05, 3.63) is 57.8 Å². The van der Waals surface area contributed by atoms with Crippen LogP contribution in [-0.4, -0.2) is 52.6 Å². The highest BCUT2D eigenvalue weighted by Gasteiger charge is 2.30. The molecule has 1 heterocycles. The summed E-state index contributed by atoms with van der Waals surface area (Å²) in [6, 6.07) is 9.76. The molecule has 232 valence electrons. The van der Waals surface area contributed by atoms with Crippen LogP contribution in [0.4, 0.5) is 4.79 Å². The van der Waals surface area contributed by atoms with Gasteiger partial charge in [0.15, 0.2) is 0 Å². The highest BCUT2D eigenvalue weighted by molar-refractivity contribution is 7.14. The van der Waals surface area contributed by atoms with Crippen LogP contribution in [0.15, 0.2) is 42.5 Å². The molecule has 1 aromatic carbocycles. The zero-order chi connectivity index (χ0) is 31.6. The number of imide groups is 1. The first-order valence-corrected chi connectivity index (χ1v) is 15.1. The Labute approximate surface area is 252 Å². The predicted octanol–water partition coefficient (Wildman–Crippen LogP) is 4.08. The van der Waals surface area contributed by atoms with Gasteiger partial charge in [0.05, 0.1) is 4.88 Å². The molecule has 0 unspecified atom stereocenters. The van der Waals surface area contributed by atoms with Gasteiger partial charge in [0.1, 0.15) is 23.8 Å². The van der Waals surface area contributed by atoms with E-state index < -0.39 is 53.6 Å². The fraction of sp³-hybridized carbons (Fsp3) is 0.548. The molecule has 10 nitrogen and oxygen atoms in total. The minimum Gasteiger partial charge on any atom is -0.444 e. The zero-order valence-corrected chi connectivity index (χ0v) is 26.4. The van der Waals surface area contributed by atoms with Gasteiger partial charge in [-0.2, -0.15) is 0 Å². The summed E-state index contributed by atoms with van der Waals surface area (Å²) in [6.07, 6.45) is -0.651. The first-order chi connectivity index (χ1) is 19.6. The van der Waals surface area contributed by atoms with Crippen molar-refractivity contribution in [1.82, 2.24) is 16.0 Å². The molecule has 0 fully saturated rings. The normalized spacial score (nSPS) is 14.5. The summed E-state index contributed by atoms with van der Waals surface area (Å²) in [4.78, 5) is 52.9. The lowest BCUT2D eigenvalue weighted by Gasteiger charge is -2.26. The van der Waals surface area contributed by atoms with Crippen molar-refractivity contribution in [2.45, 2.75) is 97.6 Å². The van der Waals surface area contributed by atoms with E-state index in [4.69, 9.17) is 10.5 Å². The number of hydrogen-bond acceptors (Lipinski definition) is 8. The molecular weight excluding hydrogens is 556 g/mol. The first kappa shape index (κ1) is 34.9. The molecule has 42 heavy (non-hydrogen) atoms. The van der Waals surface area contributed by atoms with E-state index in [-0.39, 0.29) is 23.6 Å². The molecule has 0 spiro atoms. The Morgan fingerprint density at radius 3 is 2.07 bits per heavy atom. The molecule has 2 rings (SSSR count). The topological polar surface area (TPSA) is 160 Å². The van der Waals surface area contributed by atoms with E-state index in [2.05, 4.69) is 16.0 Å². The number of carbonyl (C=O) groups is 4. The van der Waals surface area contributed by atoms with E-state index in [9.17, 15) is 24.3 Å². The van der Waals surface area contributed by atoms with Crippen LogP contribution in [0.2, 0.25) is 0 Å². The molecule has 0 radical (unpaired) electrons. The van der Waals surface area contributed by atoms with E-state index in [1.54, 1.807) is 26.8 Å². The van der Waals surface area contributed by atoms with Gasteiger partial charge in [-0.1, -0.05) is 58.0 Å². The van der Waals surface area contributed by atoms with Gasteiger partial charge in [-0.3, -0.25) is 19.7 Å². The summed E-state index contributed by atoms with van der Waals surface area (Å²) in [5.41, 5.74) is 6.14. The molecule has 0 saturated carbocycles. The number of carbonyl (C=O) groups excluding carboxylic acids is 4. The molecule has 0 saturated heterocycles. The SMILES string of the molecule is CC(C)C[C@H](NC(=O)[C@H](Cc1ccccc1)NC(=O)OC(C)(C)C)C(=O)NC(=O)c1ccc([C@H](O)[C@@H](N)CC(C)C)s1. The fourth-order valence-electron chi connectivity index (χ4n) is 4.26. The highest BCUT2D eigenvalue weighted by atomic mass is 32.1. The Morgan fingerprint density at radius 2 is 1.50 bits per heavy atom. The van der Waals surface area contributed by atoms with Crippen LogP contribution in [0, 0.1) is 11.8 Å². The maximum absolute atomic E-state index is 13.4. The first-order valence-electron chi connectivity index (χ1n) is 14.3. The summed E-state index contributed by atoms with van der Waals surface area (Å²) in [5, 5.41) is 18.3. The van der Waals surface area contributed by atoms with Crippen molar-refractivity contribution in [2.75, 3.05) is 0 Å². The molecule has 2 aromatic rings. The summed E-state index contributed by atoms with van der Waals surface area (Å²) in [7, 11) is 0. The second-order valence-corrected chi connectivity index (χ2v) is 13.5.